The summed E-state index contributed by atoms with van der Waals surface area (Å²) in [6, 6.07) is 31.1. The summed E-state index contributed by atoms with van der Waals surface area (Å²) < 4.78 is 5.97. The minimum absolute atomic E-state index is 0.0279. The van der Waals surface area contributed by atoms with Crippen molar-refractivity contribution in [2.24, 2.45) is 10.7 Å². The van der Waals surface area contributed by atoms with Gasteiger partial charge in [-0.15, -0.1) is 0 Å². The lowest BCUT2D eigenvalue weighted by Gasteiger charge is -2.19. The van der Waals surface area contributed by atoms with Crippen LogP contribution in [0.1, 0.15) is 36.1 Å². The van der Waals surface area contributed by atoms with E-state index in [0.717, 1.165) is 39.0 Å². The topological polar surface area (TPSA) is 83.6 Å². The van der Waals surface area contributed by atoms with Crippen LogP contribution in [0.3, 0.4) is 0 Å². The second-order valence-corrected chi connectivity index (χ2v) is 10.0. The van der Waals surface area contributed by atoms with Crippen LogP contribution in [0.15, 0.2) is 102 Å². The number of nitrogens with one attached hydrogen (secondary N) is 1. The van der Waals surface area contributed by atoms with Gasteiger partial charge in [0.15, 0.2) is 5.88 Å². The molecule has 37 heavy (non-hydrogen) atoms. The Bertz CT molecular complexity index is 1550. The Labute approximate surface area is 221 Å². The molecule has 5 nitrogen and oxygen atoms in total. The molecule has 0 amide bonds. The number of ether oxygens (including phenoxy) is 1. The summed E-state index contributed by atoms with van der Waals surface area (Å²) in [6.45, 7) is 4.41. The second-order valence-electron chi connectivity index (χ2n) is 9.57. The Kier molecular flexibility index (Phi) is 6.74. The number of nitrogens with zero attached hydrogens (tertiary/aromatic N) is 1. The molecular weight excluding hydrogens is 482 g/mol. The number of hydrogen-bond acceptors (Lipinski definition) is 4. The monoisotopic (exact) mass is 509 g/mol. The molecule has 0 saturated heterocycles. The highest BCUT2D eigenvalue weighted by Gasteiger charge is 2.20. The number of aliphatic imine (C=N–C) groups is 1. The maximum absolute atomic E-state index is 10.9. The first-order valence-corrected chi connectivity index (χ1v) is 12.4. The van der Waals surface area contributed by atoms with Crippen LogP contribution in [0, 0.1) is 0 Å². The summed E-state index contributed by atoms with van der Waals surface area (Å²) >= 11 is 6.19. The number of fused-ring (bicyclic) bond motifs is 1. The molecule has 1 aromatic heterocycles. The van der Waals surface area contributed by atoms with Crippen LogP contribution in [0.2, 0.25) is 5.02 Å². The van der Waals surface area contributed by atoms with Crippen molar-refractivity contribution in [1.29, 1.82) is 0 Å². The lowest BCUT2D eigenvalue weighted by atomic mass is 9.95. The maximum atomic E-state index is 10.9. The van der Waals surface area contributed by atoms with E-state index in [9.17, 15) is 5.11 Å². The third kappa shape index (κ3) is 5.53. The molecule has 6 heteroatoms. The predicted molar refractivity (Wildman–Crippen MR) is 151 cm³/mol. The molecule has 0 spiro atoms. The maximum Gasteiger partial charge on any atom is 0.199 e. The third-order valence-electron chi connectivity index (χ3n) is 6.21. The van der Waals surface area contributed by atoms with Crippen LogP contribution in [0.4, 0.5) is 5.69 Å². The lowest BCUT2D eigenvalue weighted by molar-refractivity contribution is 0.306. The summed E-state index contributed by atoms with van der Waals surface area (Å²) in [4.78, 5) is 8.00. The molecule has 0 aliphatic heterocycles. The summed E-state index contributed by atoms with van der Waals surface area (Å²) in [5, 5.41) is 12.3. The second kappa shape index (κ2) is 10.1. The highest BCUT2D eigenvalue weighted by molar-refractivity contribution is 6.31. The first kappa shape index (κ1) is 24.6. The van der Waals surface area contributed by atoms with Gasteiger partial charge in [-0.25, -0.2) is 4.99 Å². The molecule has 0 aliphatic rings. The van der Waals surface area contributed by atoms with E-state index in [0.29, 0.717) is 22.9 Å². The third-order valence-corrected chi connectivity index (χ3v) is 6.44. The quantitative estimate of drug-likeness (QED) is 0.199. The van der Waals surface area contributed by atoms with Crippen molar-refractivity contribution in [3.8, 4) is 11.6 Å². The fraction of sp³-hybridized carbons (Fsp3) is 0.129. The molecule has 4 N–H and O–H groups in total. The molecule has 0 fully saturated rings. The zero-order valence-electron chi connectivity index (χ0n) is 20.7. The van der Waals surface area contributed by atoms with Crippen molar-refractivity contribution in [3.05, 3.63) is 124 Å². The van der Waals surface area contributed by atoms with Gasteiger partial charge in [0, 0.05) is 21.5 Å². The van der Waals surface area contributed by atoms with Crippen LogP contribution in [-0.2, 0) is 12.1 Å². The number of rotatable bonds is 7. The normalized spacial score (nSPS) is 12.2. The van der Waals surface area contributed by atoms with Gasteiger partial charge >= 0.3 is 0 Å². The fourth-order valence-corrected chi connectivity index (χ4v) is 4.38. The Morgan fingerprint density at radius 2 is 1.65 bits per heavy atom. The number of H-pyrrole nitrogens is 1. The number of aromatic nitrogens is 1. The van der Waals surface area contributed by atoms with Crippen LogP contribution in [0.25, 0.3) is 10.9 Å². The molecule has 0 unspecified atom stereocenters. The van der Waals surface area contributed by atoms with Gasteiger partial charge < -0.3 is 20.6 Å². The Morgan fingerprint density at radius 1 is 0.946 bits per heavy atom. The van der Waals surface area contributed by atoms with E-state index >= 15 is 0 Å². The van der Waals surface area contributed by atoms with Crippen LogP contribution in [-0.4, -0.2) is 15.8 Å². The average Bonchev–Trinajstić information content (AvgIpc) is 3.21. The van der Waals surface area contributed by atoms with Gasteiger partial charge in [-0.1, -0.05) is 60.1 Å². The molecule has 0 saturated carbocycles. The first-order chi connectivity index (χ1) is 17.8. The van der Waals surface area contributed by atoms with Crippen LogP contribution >= 0.6 is 11.6 Å². The van der Waals surface area contributed by atoms with Crippen LogP contribution in [0.5, 0.6) is 11.6 Å². The lowest BCUT2D eigenvalue weighted by Crippen LogP contribution is -2.28. The number of halogens is 1. The Balaban J connectivity index is 1.54. The van der Waals surface area contributed by atoms with Gasteiger partial charge in [0.1, 0.15) is 12.4 Å². The van der Waals surface area contributed by atoms with E-state index in [2.05, 4.69) is 4.98 Å². The molecule has 0 atom stereocenters. The van der Waals surface area contributed by atoms with Gasteiger partial charge in [-0.3, -0.25) is 0 Å². The van der Waals surface area contributed by atoms with Crippen LogP contribution < -0.4 is 10.5 Å². The first-order valence-electron chi connectivity index (χ1n) is 12.0. The SMILES string of the molecule is CC(C)(N)c1ccc(N=C(c2ccc(OCc3ccccc3)cc2)c2c(O)[nH]c3cc(Cl)ccc23)cc1. The number of hydrogen-bond donors (Lipinski definition) is 3. The van der Waals surface area contributed by atoms with E-state index in [1.54, 1.807) is 12.1 Å². The van der Waals surface area contributed by atoms with Crippen molar-refractivity contribution in [2.75, 3.05) is 0 Å². The van der Waals surface area contributed by atoms with Crippen molar-refractivity contribution in [3.63, 3.8) is 0 Å². The Morgan fingerprint density at radius 3 is 2.32 bits per heavy atom. The van der Waals surface area contributed by atoms with Crippen molar-refractivity contribution < 1.29 is 9.84 Å². The number of nitrogens with two attached hydrogens (primary N) is 1. The summed E-state index contributed by atoms with van der Waals surface area (Å²) in [5.41, 5.74) is 11.5. The Hall–Kier alpha value is -4.06. The molecule has 0 bridgehead atoms. The number of benzene rings is 4. The fourth-order valence-electron chi connectivity index (χ4n) is 4.20. The molecule has 0 radical (unpaired) electrons. The van der Waals surface area contributed by atoms with E-state index in [4.69, 9.17) is 27.1 Å². The largest absolute Gasteiger partial charge is 0.494 e. The molecule has 1 heterocycles. The zero-order chi connectivity index (χ0) is 26.0. The van der Waals surface area contributed by atoms with Crippen molar-refractivity contribution >= 4 is 33.9 Å². The van der Waals surface area contributed by atoms with Gasteiger partial charge in [0.2, 0.25) is 0 Å². The highest BCUT2D eigenvalue weighted by Crippen LogP contribution is 2.33. The predicted octanol–water partition coefficient (Wildman–Crippen LogP) is 7.47. The van der Waals surface area contributed by atoms with E-state index in [1.165, 1.54) is 0 Å². The summed E-state index contributed by atoms with van der Waals surface area (Å²) in [6.07, 6.45) is 0. The van der Waals surface area contributed by atoms with Gasteiger partial charge in [-0.05, 0) is 73.5 Å². The number of aromatic hydroxyl groups is 1. The minimum Gasteiger partial charge on any atom is -0.494 e. The van der Waals surface area contributed by atoms with Crippen molar-refractivity contribution in [2.45, 2.75) is 26.0 Å². The molecule has 5 rings (SSSR count). The molecule has 4 aromatic carbocycles. The van der Waals surface area contributed by atoms with E-state index < -0.39 is 5.54 Å². The van der Waals surface area contributed by atoms with Gasteiger partial charge in [0.25, 0.3) is 0 Å². The summed E-state index contributed by atoms with van der Waals surface area (Å²) in [7, 11) is 0. The summed E-state index contributed by atoms with van der Waals surface area (Å²) in [5.74, 6) is 0.775. The van der Waals surface area contributed by atoms with Gasteiger partial charge in [-0.2, -0.15) is 0 Å². The average molecular weight is 510 g/mol. The number of aromatic amines is 1. The van der Waals surface area contributed by atoms with Gasteiger partial charge in [0.05, 0.1) is 22.5 Å². The minimum atomic E-state index is -0.449. The standard InChI is InChI=1S/C31H28ClN3O2/c1-31(2,33)22-10-13-24(14-11-22)34-29(28-26-17-12-23(32)18-27(26)35-30(28)36)21-8-15-25(16-9-21)37-19-20-6-4-3-5-7-20/h3-18,35-36H,19,33H2,1-2H3. The van der Waals surface area contributed by atoms with E-state index in [-0.39, 0.29) is 5.88 Å². The highest BCUT2D eigenvalue weighted by atomic mass is 35.5. The van der Waals surface area contributed by atoms with Crippen molar-refractivity contribution in [1.82, 2.24) is 4.98 Å². The van der Waals surface area contributed by atoms with E-state index in [1.807, 2.05) is 98.8 Å². The smallest absolute Gasteiger partial charge is 0.199 e. The zero-order valence-corrected chi connectivity index (χ0v) is 21.5. The molecule has 186 valence electrons. The molecular formula is C31H28ClN3O2. The molecule has 0 aliphatic carbocycles. The molecule has 5 aromatic rings.